The van der Waals surface area contributed by atoms with E-state index in [9.17, 15) is 4.39 Å². The Morgan fingerprint density at radius 1 is 1.30 bits per heavy atom. The maximum absolute atomic E-state index is 13.3. The number of nitrogens with one attached hydrogen (secondary N) is 1. The third kappa shape index (κ3) is 4.05. The van der Waals surface area contributed by atoms with Gasteiger partial charge in [0.1, 0.15) is 11.9 Å². The number of hydrogen-bond acceptors (Lipinski definition) is 2. The summed E-state index contributed by atoms with van der Waals surface area (Å²) in [6, 6.07) is 7.14. The maximum Gasteiger partial charge on any atom is 0.140 e. The minimum absolute atomic E-state index is 0.131. The van der Waals surface area contributed by atoms with E-state index in [0.717, 1.165) is 11.5 Å². The van der Waals surface area contributed by atoms with Gasteiger partial charge in [0.2, 0.25) is 0 Å². The van der Waals surface area contributed by atoms with E-state index >= 15 is 0 Å². The van der Waals surface area contributed by atoms with E-state index in [1.54, 1.807) is 12.1 Å². The molecule has 0 unspecified atom stereocenters. The molecule has 0 amide bonds. The van der Waals surface area contributed by atoms with Crippen LogP contribution in [0.4, 0.5) is 4.39 Å². The molecule has 1 N–H and O–H groups in total. The lowest BCUT2D eigenvalue weighted by atomic mass is 9.93. The second kappa shape index (κ2) is 7.40. The zero-order valence-electron chi connectivity index (χ0n) is 12.2. The molecule has 0 heterocycles. The van der Waals surface area contributed by atoms with Crippen molar-refractivity contribution in [2.75, 3.05) is 0 Å². The predicted octanol–water partition coefficient (Wildman–Crippen LogP) is 4.15. The predicted molar refractivity (Wildman–Crippen MR) is 78.6 cm³/mol. The van der Waals surface area contributed by atoms with E-state index in [-0.39, 0.29) is 5.56 Å². The Hall–Kier alpha value is -1.40. The number of rotatable bonds is 4. The van der Waals surface area contributed by atoms with Crippen LogP contribution in [0, 0.1) is 23.1 Å². The standard InChI is InChI=1S/C17H23FN2/c1-13(15-6-4-2-3-5-7-15)20-12-14-8-9-17(18)16(10-14)11-19/h8-10,13,15,20H,2-7,12H2,1H3/t13-/m1/s1. The third-order valence-electron chi connectivity index (χ3n) is 4.39. The largest absolute Gasteiger partial charge is 0.310 e. The first kappa shape index (κ1) is 15.0. The first-order valence-corrected chi connectivity index (χ1v) is 7.62. The second-order valence-electron chi connectivity index (χ2n) is 5.85. The molecule has 2 rings (SSSR count). The Kier molecular flexibility index (Phi) is 5.55. The molecular formula is C17H23FN2. The lowest BCUT2D eigenvalue weighted by molar-refractivity contribution is 0.336. The molecule has 1 saturated carbocycles. The molecule has 1 fully saturated rings. The van der Waals surface area contributed by atoms with Crippen LogP contribution < -0.4 is 5.32 Å². The van der Waals surface area contributed by atoms with Gasteiger partial charge in [0.15, 0.2) is 0 Å². The highest BCUT2D eigenvalue weighted by molar-refractivity contribution is 5.34. The zero-order chi connectivity index (χ0) is 14.4. The fourth-order valence-electron chi connectivity index (χ4n) is 3.02. The van der Waals surface area contributed by atoms with Gasteiger partial charge in [-0.25, -0.2) is 4.39 Å². The molecule has 0 bridgehead atoms. The molecule has 1 aliphatic rings. The summed E-state index contributed by atoms with van der Waals surface area (Å²) in [5.41, 5.74) is 1.11. The van der Waals surface area contributed by atoms with Crippen LogP contribution in [0.3, 0.4) is 0 Å². The minimum Gasteiger partial charge on any atom is -0.310 e. The summed E-state index contributed by atoms with van der Waals surface area (Å²) in [7, 11) is 0. The SMILES string of the molecule is C[C@@H](NCc1ccc(F)c(C#N)c1)C1CCCCCC1. The van der Waals surface area contributed by atoms with Crippen LogP contribution in [0.15, 0.2) is 18.2 Å². The van der Waals surface area contributed by atoms with E-state index in [1.165, 1.54) is 44.6 Å². The molecule has 2 nitrogen and oxygen atoms in total. The van der Waals surface area contributed by atoms with Gasteiger partial charge in [0.25, 0.3) is 0 Å². The van der Waals surface area contributed by atoms with E-state index < -0.39 is 5.82 Å². The molecule has 20 heavy (non-hydrogen) atoms. The molecule has 0 spiro atoms. The number of halogens is 1. The Morgan fingerprint density at radius 3 is 2.65 bits per heavy atom. The lowest BCUT2D eigenvalue weighted by Crippen LogP contribution is -2.32. The Balaban J connectivity index is 1.89. The van der Waals surface area contributed by atoms with Crippen molar-refractivity contribution in [1.82, 2.24) is 5.32 Å². The first-order chi connectivity index (χ1) is 9.70. The number of nitrogens with zero attached hydrogens (tertiary/aromatic N) is 1. The fraction of sp³-hybridized carbons (Fsp3) is 0.588. The molecule has 3 heteroatoms. The van der Waals surface area contributed by atoms with Gasteiger partial charge in [0, 0.05) is 12.6 Å². The van der Waals surface area contributed by atoms with Gasteiger partial charge in [-0.15, -0.1) is 0 Å². The minimum atomic E-state index is -0.437. The van der Waals surface area contributed by atoms with Gasteiger partial charge in [-0.3, -0.25) is 0 Å². The van der Waals surface area contributed by atoms with Crippen molar-refractivity contribution in [3.63, 3.8) is 0 Å². The van der Waals surface area contributed by atoms with E-state index in [1.807, 2.05) is 6.07 Å². The van der Waals surface area contributed by atoms with Gasteiger partial charge < -0.3 is 5.32 Å². The summed E-state index contributed by atoms with van der Waals surface area (Å²) in [6.07, 6.45) is 8.03. The summed E-state index contributed by atoms with van der Waals surface area (Å²) in [5.74, 6) is 0.307. The average Bonchev–Trinajstić information content (AvgIpc) is 2.75. The van der Waals surface area contributed by atoms with Crippen LogP contribution in [-0.2, 0) is 6.54 Å². The lowest BCUT2D eigenvalue weighted by Gasteiger charge is -2.23. The molecule has 0 aliphatic heterocycles. The summed E-state index contributed by atoms with van der Waals surface area (Å²) in [6.45, 7) is 2.94. The molecule has 1 aliphatic carbocycles. The van der Waals surface area contributed by atoms with Gasteiger partial charge in [0.05, 0.1) is 5.56 Å². The van der Waals surface area contributed by atoms with Crippen molar-refractivity contribution in [3.8, 4) is 6.07 Å². The van der Waals surface area contributed by atoms with Crippen LogP contribution in [0.1, 0.15) is 56.6 Å². The molecule has 1 atom stereocenters. The van der Waals surface area contributed by atoms with Gasteiger partial charge in [-0.1, -0.05) is 31.7 Å². The second-order valence-corrected chi connectivity index (χ2v) is 5.85. The summed E-state index contributed by atoms with van der Waals surface area (Å²) in [4.78, 5) is 0. The van der Waals surface area contributed by atoms with Gasteiger partial charge >= 0.3 is 0 Å². The number of hydrogen-bond donors (Lipinski definition) is 1. The summed E-state index contributed by atoms with van der Waals surface area (Å²) in [5, 5.41) is 12.4. The normalized spacial score (nSPS) is 18.2. The van der Waals surface area contributed by atoms with Crippen LogP contribution in [0.2, 0.25) is 0 Å². The van der Waals surface area contributed by atoms with Crippen molar-refractivity contribution in [2.24, 2.45) is 5.92 Å². The van der Waals surface area contributed by atoms with Crippen LogP contribution in [-0.4, -0.2) is 6.04 Å². The van der Waals surface area contributed by atoms with Crippen molar-refractivity contribution in [1.29, 1.82) is 5.26 Å². The third-order valence-corrected chi connectivity index (χ3v) is 4.39. The highest BCUT2D eigenvalue weighted by atomic mass is 19.1. The number of nitriles is 1. The van der Waals surface area contributed by atoms with Crippen molar-refractivity contribution in [2.45, 2.75) is 58.0 Å². The Morgan fingerprint density at radius 2 is 2.00 bits per heavy atom. The zero-order valence-corrected chi connectivity index (χ0v) is 12.2. The van der Waals surface area contributed by atoms with Crippen molar-refractivity contribution in [3.05, 3.63) is 35.1 Å². The molecular weight excluding hydrogens is 251 g/mol. The Labute approximate surface area is 121 Å². The van der Waals surface area contributed by atoms with Crippen molar-refractivity contribution < 1.29 is 4.39 Å². The maximum atomic E-state index is 13.3. The molecule has 0 radical (unpaired) electrons. The van der Waals surface area contributed by atoms with E-state index in [2.05, 4.69) is 12.2 Å². The number of benzene rings is 1. The Bertz CT molecular complexity index is 470. The topological polar surface area (TPSA) is 35.8 Å². The van der Waals surface area contributed by atoms with Crippen LogP contribution in [0.25, 0.3) is 0 Å². The quantitative estimate of drug-likeness (QED) is 0.837. The van der Waals surface area contributed by atoms with Crippen LogP contribution in [0.5, 0.6) is 0 Å². The molecule has 0 saturated heterocycles. The highest BCUT2D eigenvalue weighted by Gasteiger charge is 2.18. The smallest absolute Gasteiger partial charge is 0.140 e. The first-order valence-electron chi connectivity index (χ1n) is 7.62. The summed E-state index contributed by atoms with van der Waals surface area (Å²) >= 11 is 0. The van der Waals surface area contributed by atoms with Crippen LogP contribution >= 0.6 is 0 Å². The highest BCUT2D eigenvalue weighted by Crippen LogP contribution is 2.25. The van der Waals surface area contributed by atoms with E-state index in [0.29, 0.717) is 12.6 Å². The van der Waals surface area contributed by atoms with Crippen molar-refractivity contribution >= 4 is 0 Å². The van der Waals surface area contributed by atoms with Gasteiger partial charge in [-0.2, -0.15) is 5.26 Å². The molecule has 108 valence electrons. The average molecular weight is 274 g/mol. The van der Waals surface area contributed by atoms with E-state index in [4.69, 9.17) is 5.26 Å². The molecule has 1 aromatic carbocycles. The molecule has 1 aromatic rings. The monoisotopic (exact) mass is 274 g/mol. The fourth-order valence-corrected chi connectivity index (χ4v) is 3.02. The molecule has 0 aromatic heterocycles. The van der Waals surface area contributed by atoms with Gasteiger partial charge in [-0.05, 0) is 43.4 Å². The summed E-state index contributed by atoms with van der Waals surface area (Å²) < 4.78 is 13.3.